The minimum atomic E-state index is -1.72. The minimum Gasteiger partial charge on any atom is -0.343 e. The molecular formula is C29H33NSi. The van der Waals surface area contributed by atoms with Gasteiger partial charge < -0.3 is 4.57 Å². The largest absolute Gasteiger partial charge is 0.343 e. The van der Waals surface area contributed by atoms with Crippen molar-refractivity contribution in [1.82, 2.24) is 4.57 Å². The summed E-state index contributed by atoms with van der Waals surface area (Å²) in [4.78, 5) is 0. The molecule has 1 aromatic heterocycles. The molecule has 1 nitrogen and oxygen atoms in total. The molecule has 3 aromatic rings. The van der Waals surface area contributed by atoms with Crippen LogP contribution in [-0.2, 0) is 13.5 Å². The van der Waals surface area contributed by atoms with Crippen molar-refractivity contribution in [3.05, 3.63) is 75.9 Å². The zero-order valence-electron chi connectivity index (χ0n) is 19.6. The molecule has 0 saturated heterocycles. The molecule has 0 fully saturated rings. The van der Waals surface area contributed by atoms with Gasteiger partial charge in [-0.3, -0.25) is 0 Å². The van der Waals surface area contributed by atoms with Crippen LogP contribution in [0.2, 0.25) is 18.6 Å². The van der Waals surface area contributed by atoms with E-state index >= 15 is 0 Å². The summed E-state index contributed by atoms with van der Waals surface area (Å²) in [5.74, 6) is 0. The normalized spacial score (nSPS) is 20.2. The van der Waals surface area contributed by atoms with Crippen molar-refractivity contribution in [2.75, 3.05) is 0 Å². The summed E-state index contributed by atoms with van der Waals surface area (Å²) < 4.78 is 2.44. The van der Waals surface area contributed by atoms with Crippen molar-refractivity contribution in [3.63, 3.8) is 0 Å². The van der Waals surface area contributed by atoms with Crippen LogP contribution in [0, 0.1) is 6.92 Å². The van der Waals surface area contributed by atoms with Gasteiger partial charge in [-0.2, -0.15) is 0 Å². The molecule has 2 aromatic carbocycles. The number of hydrogen-bond acceptors (Lipinski definition) is 0. The van der Waals surface area contributed by atoms with E-state index in [0.29, 0.717) is 5.54 Å². The molecule has 3 aliphatic rings. The van der Waals surface area contributed by atoms with Gasteiger partial charge in [0, 0.05) is 35.5 Å². The first kappa shape index (κ1) is 19.4. The fourth-order valence-electron chi connectivity index (χ4n) is 7.18. The van der Waals surface area contributed by atoms with Crippen molar-refractivity contribution < 1.29 is 0 Å². The molecule has 31 heavy (non-hydrogen) atoms. The van der Waals surface area contributed by atoms with Crippen molar-refractivity contribution in [1.29, 1.82) is 0 Å². The SMILES string of the molecule is CC1=CC2=C(CCCC2)C1[Si](C)(C)c1cccc2c1Cc1c-2n(C)c2ccc(C)cc12. The van der Waals surface area contributed by atoms with Crippen LogP contribution in [0.4, 0.5) is 0 Å². The molecule has 2 heteroatoms. The minimum absolute atomic E-state index is 0.692. The van der Waals surface area contributed by atoms with Gasteiger partial charge in [0.05, 0.1) is 13.8 Å². The van der Waals surface area contributed by atoms with E-state index in [4.69, 9.17) is 0 Å². The third-order valence-corrected chi connectivity index (χ3v) is 12.5. The van der Waals surface area contributed by atoms with Crippen molar-refractivity contribution >= 4 is 24.2 Å². The smallest absolute Gasteiger partial charge is 0.0922 e. The summed E-state index contributed by atoms with van der Waals surface area (Å²) in [6.45, 7) is 9.90. The van der Waals surface area contributed by atoms with Crippen LogP contribution in [-0.4, -0.2) is 12.6 Å². The first-order valence-electron chi connectivity index (χ1n) is 12.0. The number of aryl methyl sites for hydroxylation is 2. The molecule has 0 aliphatic heterocycles. The Morgan fingerprint density at radius 2 is 1.77 bits per heavy atom. The predicted molar refractivity (Wildman–Crippen MR) is 136 cm³/mol. The van der Waals surface area contributed by atoms with E-state index < -0.39 is 8.07 Å². The van der Waals surface area contributed by atoms with Gasteiger partial charge in [0.2, 0.25) is 0 Å². The van der Waals surface area contributed by atoms with E-state index in [0.717, 1.165) is 6.42 Å². The first-order valence-corrected chi connectivity index (χ1v) is 15.1. The number of fused-ring (bicyclic) bond motifs is 5. The van der Waals surface area contributed by atoms with E-state index in [1.54, 1.807) is 33.0 Å². The second kappa shape index (κ2) is 6.59. The fraction of sp³-hybridized carbons (Fsp3) is 0.379. The third kappa shape index (κ3) is 2.61. The highest BCUT2D eigenvalue weighted by Gasteiger charge is 2.43. The quantitative estimate of drug-likeness (QED) is 0.301. The Balaban J connectivity index is 1.51. The molecule has 0 radical (unpaired) electrons. The standard InChI is InChI=1S/C29H33NSi/c1-18-13-14-26-23(15-18)25-17-24-22(28(25)30(26)3)11-8-12-27(24)31(4,5)29-19(2)16-20-9-6-7-10-21(20)29/h8,11-16,29H,6-7,9-10,17H2,1-5H3. The van der Waals surface area contributed by atoms with Crippen molar-refractivity contribution in [2.45, 2.75) is 64.6 Å². The highest BCUT2D eigenvalue weighted by molar-refractivity contribution is 6.92. The van der Waals surface area contributed by atoms with Crippen LogP contribution in [0.5, 0.6) is 0 Å². The lowest BCUT2D eigenvalue weighted by molar-refractivity contribution is 0.677. The molecule has 0 spiro atoms. The maximum Gasteiger partial charge on any atom is 0.0922 e. The van der Waals surface area contributed by atoms with Crippen LogP contribution >= 0.6 is 0 Å². The summed E-state index contributed by atoms with van der Waals surface area (Å²) in [6.07, 6.45) is 9.03. The molecule has 1 heterocycles. The van der Waals surface area contributed by atoms with E-state index in [1.165, 1.54) is 53.4 Å². The van der Waals surface area contributed by atoms with Crippen LogP contribution < -0.4 is 5.19 Å². The summed E-state index contributed by atoms with van der Waals surface area (Å²) >= 11 is 0. The number of allylic oxidation sites excluding steroid dienone is 4. The summed E-state index contributed by atoms with van der Waals surface area (Å²) in [5.41, 5.74) is 14.7. The lowest BCUT2D eigenvalue weighted by atomic mass is 9.93. The number of aromatic nitrogens is 1. The van der Waals surface area contributed by atoms with Gasteiger partial charge >= 0.3 is 0 Å². The number of rotatable bonds is 2. The third-order valence-electron chi connectivity index (χ3n) is 8.42. The lowest BCUT2D eigenvalue weighted by Gasteiger charge is -2.36. The molecule has 0 saturated carbocycles. The van der Waals surface area contributed by atoms with Crippen LogP contribution in [0.15, 0.2) is 59.2 Å². The van der Waals surface area contributed by atoms with Crippen LogP contribution in [0.1, 0.15) is 49.3 Å². The maximum absolute atomic E-state index is 2.64. The fourth-order valence-corrected chi connectivity index (χ4v) is 11.4. The Hall–Kier alpha value is -2.32. The van der Waals surface area contributed by atoms with Crippen molar-refractivity contribution in [2.24, 2.45) is 7.05 Å². The van der Waals surface area contributed by atoms with Gasteiger partial charge in [0.25, 0.3) is 0 Å². The summed E-state index contributed by atoms with van der Waals surface area (Å²) in [7, 11) is 0.535. The van der Waals surface area contributed by atoms with E-state index in [2.05, 4.69) is 81.0 Å². The highest BCUT2D eigenvalue weighted by atomic mass is 28.3. The summed E-state index contributed by atoms with van der Waals surface area (Å²) in [5, 5.41) is 3.15. The van der Waals surface area contributed by atoms with E-state index in [1.807, 2.05) is 0 Å². The molecular weight excluding hydrogens is 390 g/mol. The second-order valence-corrected chi connectivity index (χ2v) is 15.3. The Morgan fingerprint density at radius 1 is 0.968 bits per heavy atom. The van der Waals surface area contributed by atoms with E-state index in [9.17, 15) is 0 Å². The Morgan fingerprint density at radius 3 is 2.61 bits per heavy atom. The molecule has 0 bridgehead atoms. The zero-order chi connectivity index (χ0) is 21.5. The molecule has 3 aliphatic carbocycles. The summed E-state index contributed by atoms with van der Waals surface area (Å²) in [6, 6.07) is 14.1. The number of hydrogen-bond donors (Lipinski definition) is 0. The maximum atomic E-state index is 2.64. The topological polar surface area (TPSA) is 4.93 Å². The number of benzene rings is 2. The lowest BCUT2D eigenvalue weighted by Crippen LogP contribution is -2.48. The van der Waals surface area contributed by atoms with Crippen LogP contribution in [0.25, 0.3) is 22.2 Å². The molecule has 0 amide bonds. The van der Waals surface area contributed by atoms with Gasteiger partial charge in [-0.1, -0.05) is 65.3 Å². The van der Waals surface area contributed by atoms with Crippen molar-refractivity contribution in [3.8, 4) is 11.3 Å². The predicted octanol–water partition coefficient (Wildman–Crippen LogP) is 7.17. The van der Waals surface area contributed by atoms with Gasteiger partial charge in [0.15, 0.2) is 0 Å². The van der Waals surface area contributed by atoms with E-state index in [-0.39, 0.29) is 0 Å². The van der Waals surface area contributed by atoms with Crippen LogP contribution in [0.3, 0.4) is 0 Å². The Bertz CT molecular complexity index is 1310. The molecule has 158 valence electrons. The second-order valence-electron chi connectivity index (χ2n) is 10.7. The Kier molecular flexibility index (Phi) is 4.12. The van der Waals surface area contributed by atoms with Gasteiger partial charge in [0.1, 0.15) is 0 Å². The zero-order valence-corrected chi connectivity index (χ0v) is 20.6. The monoisotopic (exact) mass is 423 g/mol. The van der Waals surface area contributed by atoms with Gasteiger partial charge in [-0.05, 0) is 68.4 Å². The average Bonchev–Trinajstić information content (AvgIpc) is 3.37. The highest BCUT2D eigenvalue weighted by Crippen LogP contribution is 2.50. The average molecular weight is 424 g/mol. The molecule has 1 atom stereocenters. The molecule has 1 unspecified atom stereocenters. The number of nitrogens with zero attached hydrogens (tertiary/aromatic N) is 1. The van der Waals surface area contributed by atoms with Gasteiger partial charge in [-0.25, -0.2) is 0 Å². The Labute approximate surface area is 187 Å². The first-order chi connectivity index (χ1) is 14.9. The molecule has 6 rings (SSSR count). The van der Waals surface area contributed by atoms with Gasteiger partial charge in [-0.15, -0.1) is 0 Å². The molecule has 0 N–H and O–H groups in total.